The van der Waals surface area contributed by atoms with Crippen LogP contribution in [0.15, 0.2) is 0 Å². The van der Waals surface area contributed by atoms with E-state index < -0.39 is 13.2 Å². The van der Waals surface area contributed by atoms with Crippen LogP contribution < -0.4 is 51.4 Å². The van der Waals surface area contributed by atoms with Crippen molar-refractivity contribution in [2.45, 2.75) is 6.18 Å². The van der Waals surface area contributed by atoms with Gasteiger partial charge in [0.15, 0.2) is 0 Å². The van der Waals surface area contributed by atoms with Gasteiger partial charge in [0.05, 0.1) is 0 Å². The third-order valence-corrected chi connectivity index (χ3v) is 0.378. The molecule has 0 aromatic carbocycles. The third kappa shape index (κ3) is 13.8. The van der Waals surface area contributed by atoms with Crippen LogP contribution in [0.25, 0.3) is 0 Å². The summed E-state index contributed by atoms with van der Waals surface area (Å²) in [5.41, 5.74) is 0. The van der Waals surface area contributed by atoms with E-state index in [4.69, 9.17) is 0 Å². The Kier molecular flexibility index (Phi) is 6.23. The molecule has 0 saturated heterocycles. The van der Waals surface area contributed by atoms with Crippen LogP contribution in [0.3, 0.4) is 0 Å². The molecule has 0 unspecified atom stereocenters. The van der Waals surface area contributed by atoms with Gasteiger partial charge < -0.3 is 12.9 Å². The van der Waals surface area contributed by atoms with Gasteiger partial charge in [-0.25, -0.2) is 0 Å². The summed E-state index contributed by atoms with van der Waals surface area (Å²) < 4.78 is 65.7. The van der Waals surface area contributed by atoms with E-state index in [2.05, 4.69) is 0 Å². The number of hydrogen-bond acceptors (Lipinski definition) is 0. The van der Waals surface area contributed by atoms with E-state index in [9.17, 15) is 26.1 Å². The van der Waals surface area contributed by atoms with Crippen LogP contribution in [-0.4, -0.2) is 13.2 Å². The fourth-order valence-electron chi connectivity index (χ4n) is 0.164. The van der Waals surface area contributed by atoms with Crippen LogP contribution in [0.2, 0.25) is 0 Å². The first kappa shape index (κ1) is 14.4. The Morgan fingerprint density at radius 2 is 1.36 bits per heavy atom. The van der Waals surface area contributed by atoms with Crippen molar-refractivity contribution in [3.8, 4) is 11.7 Å². The zero-order chi connectivity index (χ0) is 8.41. The summed E-state index contributed by atoms with van der Waals surface area (Å²) in [4.78, 5) is 0. The normalized spacial score (nSPS) is 11.1. The molecule has 0 saturated carbocycles. The minimum absolute atomic E-state index is 0. The van der Waals surface area contributed by atoms with Crippen LogP contribution in [0.5, 0.6) is 0 Å². The summed E-state index contributed by atoms with van der Waals surface area (Å²) in [5, 5.41) is 0. The van der Waals surface area contributed by atoms with Crippen molar-refractivity contribution in [2.24, 2.45) is 0 Å². The molecule has 0 aliphatic carbocycles. The largest absolute Gasteiger partial charge is 1.00 e. The first-order chi connectivity index (χ1) is 4.21. The van der Waals surface area contributed by atoms with E-state index in [1.54, 1.807) is 0 Å². The number of rotatable bonds is 0. The monoisotopic (exact) mass is 200 g/mol. The average Bonchev–Trinajstić information content (AvgIpc) is 1.57. The standard InChI is InChI=1S/C3BF6.K/c5-3(6,7)1-2-4(8,9)10;/q-1;+1. The molecule has 0 aromatic heterocycles. The Morgan fingerprint density at radius 1 is 1.00 bits per heavy atom. The van der Waals surface area contributed by atoms with Gasteiger partial charge in [0.25, 0.3) is 0 Å². The van der Waals surface area contributed by atoms with Crippen molar-refractivity contribution in [1.29, 1.82) is 0 Å². The van der Waals surface area contributed by atoms with Crippen molar-refractivity contribution in [3.05, 3.63) is 0 Å². The van der Waals surface area contributed by atoms with Crippen LogP contribution >= 0.6 is 0 Å². The van der Waals surface area contributed by atoms with Gasteiger partial charge >= 0.3 is 64.5 Å². The summed E-state index contributed by atoms with van der Waals surface area (Å²) in [5.74, 6) is 0.264. The molecule has 0 aromatic rings. The number of hydrogen-bond donors (Lipinski definition) is 0. The third-order valence-electron chi connectivity index (χ3n) is 0.378. The van der Waals surface area contributed by atoms with Crippen molar-refractivity contribution < 1.29 is 77.5 Å². The molecular weight excluding hydrogens is 200 g/mol. The molecule has 0 radical (unpaired) electrons. The number of alkyl halides is 3. The molecule has 0 N–H and O–H groups in total. The Balaban J connectivity index is 0. The first-order valence-electron chi connectivity index (χ1n) is 2.01. The maximum atomic E-state index is 11.0. The summed E-state index contributed by atoms with van der Waals surface area (Å²) in [6.07, 6.45) is -5.06. The van der Waals surface area contributed by atoms with Crippen LogP contribution in [-0.2, 0) is 0 Å². The van der Waals surface area contributed by atoms with Crippen LogP contribution in [0.4, 0.5) is 26.1 Å². The molecule has 0 spiro atoms. The minimum atomic E-state index is -5.65. The smallest absolute Gasteiger partial charge is 0.438 e. The van der Waals surface area contributed by atoms with Crippen molar-refractivity contribution in [2.75, 3.05) is 0 Å². The summed E-state index contributed by atoms with van der Waals surface area (Å²) in [7, 11) is 0. The van der Waals surface area contributed by atoms with Crippen LogP contribution in [0.1, 0.15) is 0 Å². The van der Waals surface area contributed by atoms with Gasteiger partial charge in [-0.3, -0.25) is 0 Å². The summed E-state index contributed by atoms with van der Waals surface area (Å²) in [6, 6.07) is 0. The molecular formula is C3BF6K. The van der Waals surface area contributed by atoms with Crippen molar-refractivity contribution in [1.82, 2.24) is 0 Å². The van der Waals surface area contributed by atoms with E-state index in [1.807, 2.05) is 0 Å². The predicted octanol–water partition coefficient (Wildman–Crippen LogP) is -1.06. The van der Waals surface area contributed by atoms with Gasteiger partial charge in [0.1, 0.15) is 0 Å². The van der Waals surface area contributed by atoms with Gasteiger partial charge in [-0.05, 0) is 5.92 Å². The first-order valence-corrected chi connectivity index (χ1v) is 2.01. The summed E-state index contributed by atoms with van der Waals surface area (Å²) in [6.45, 7) is -5.65. The van der Waals surface area contributed by atoms with Gasteiger partial charge in [-0.2, -0.15) is 19.0 Å². The van der Waals surface area contributed by atoms with Crippen LogP contribution in [0, 0.1) is 11.7 Å². The zero-order valence-electron chi connectivity index (χ0n) is 5.35. The van der Waals surface area contributed by atoms with Gasteiger partial charge in [0.2, 0.25) is 0 Å². The Bertz CT molecular complexity index is 151. The van der Waals surface area contributed by atoms with E-state index in [0.29, 0.717) is 0 Å². The van der Waals surface area contributed by atoms with E-state index in [0.717, 1.165) is 0 Å². The molecule has 0 atom stereocenters. The van der Waals surface area contributed by atoms with E-state index in [1.165, 1.54) is 0 Å². The second-order valence-corrected chi connectivity index (χ2v) is 1.34. The second kappa shape index (κ2) is 4.77. The Labute approximate surface area is 101 Å². The van der Waals surface area contributed by atoms with Crippen molar-refractivity contribution >= 4 is 6.98 Å². The second-order valence-electron chi connectivity index (χ2n) is 1.34. The molecule has 0 nitrogen and oxygen atoms in total. The molecule has 0 bridgehead atoms. The maximum Gasteiger partial charge on any atom is 1.00 e. The molecule has 11 heavy (non-hydrogen) atoms. The molecule has 0 rings (SSSR count). The Hall–Kier alpha value is 0.841. The van der Waals surface area contributed by atoms with Gasteiger partial charge in [-0.15, -0.1) is 0 Å². The molecule has 0 aliphatic heterocycles. The topological polar surface area (TPSA) is 0 Å². The molecule has 0 amide bonds. The Morgan fingerprint density at radius 3 is 1.45 bits per heavy atom. The molecule has 8 heteroatoms. The maximum absolute atomic E-state index is 11.0. The van der Waals surface area contributed by atoms with E-state index >= 15 is 0 Å². The molecule has 0 aliphatic rings. The van der Waals surface area contributed by atoms with Gasteiger partial charge in [-0.1, -0.05) is 0 Å². The average molecular weight is 200 g/mol. The minimum Gasteiger partial charge on any atom is -0.438 e. The summed E-state index contributed by atoms with van der Waals surface area (Å²) >= 11 is 0. The zero-order valence-corrected chi connectivity index (χ0v) is 8.47. The SMILES string of the molecule is F[B-](F)(F)C#CC(F)(F)F.[K+]. The quantitative estimate of drug-likeness (QED) is 0.265. The molecule has 0 fully saturated rings. The van der Waals surface area contributed by atoms with Gasteiger partial charge in [0, 0.05) is 0 Å². The number of halogens is 6. The molecule has 0 heterocycles. The van der Waals surface area contributed by atoms with Crippen molar-refractivity contribution in [3.63, 3.8) is 0 Å². The molecule has 58 valence electrons. The fraction of sp³-hybridized carbons (Fsp3) is 0.333. The van der Waals surface area contributed by atoms with E-state index in [-0.39, 0.29) is 63.1 Å². The predicted molar refractivity (Wildman–Crippen MR) is 22.9 cm³/mol. The fourth-order valence-corrected chi connectivity index (χ4v) is 0.164.